The largest absolute Gasteiger partial charge is 0.469 e. The van der Waals surface area contributed by atoms with Crippen molar-refractivity contribution in [3.63, 3.8) is 0 Å². The Hall–Kier alpha value is -3.07. The molecule has 2 aromatic carbocycles. The van der Waals surface area contributed by atoms with Crippen LogP contribution in [0.1, 0.15) is 39.0 Å². The Morgan fingerprint density at radius 1 is 0.422 bits per heavy atom. The summed E-state index contributed by atoms with van der Waals surface area (Å²) in [6.07, 6.45) is -8.24. The second kappa shape index (κ2) is 13.7. The highest BCUT2D eigenvalue weighted by atomic mass is 19.4. The van der Waals surface area contributed by atoms with Crippen molar-refractivity contribution in [2.24, 2.45) is 0 Å². The van der Waals surface area contributed by atoms with E-state index in [0.29, 0.717) is 12.8 Å². The highest BCUT2D eigenvalue weighted by Crippen LogP contribution is 2.49. The maximum Gasteiger partial charge on any atom is 0.469 e. The van der Waals surface area contributed by atoms with Gasteiger partial charge in [-0.05, 0) is 6.42 Å². The lowest BCUT2D eigenvalue weighted by atomic mass is 10.0. The Bertz CT molecular complexity index is 1240. The van der Waals surface area contributed by atoms with E-state index < -0.39 is 118 Å². The molecule has 1 nitrogen and oxygen atoms in total. The first kappa shape index (κ1) is 40.0. The van der Waals surface area contributed by atoms with Crippen molar-refractivity contribution in [1.29, 1.82) is 0 Å². The van der Waals surface area contributed by atoms with E-state index >= 15 is 0 Å². The molecule has 0 atom stereocenters. The summed E-state index contributed by atoms with van der Waals surface area (Å²) in [7, 11) is 0. The first-order valence-electron chi connectivity index (χ1n) is 11.5. The van der Waals surface area contributed by atoms with Gasteiger partial charge in [0.1, 0.15) is 0 Å². The minimum atomic E-state index is -6.66. The molecular formula is C23H14F21N. The third-order valence-corrected chi connectivity index (χ3v) is 5.54. The summed E-state index contributed by atoms with van der Waals surface area (Å²) < 4.78 is 270. The third kappa shape index (κ3) is 7.84. The van der Waals surface area contributed by atoms with Crippen LogP contribution in [0.5, 0.6) is 0 Å². The van der Waals surface area contributed by atoms with E-state index in [4.69, 9.17) is 0 Å². The molecule has 0 aliphatic carbocycles. The maximum absolute atomic E-state index is 13.4. The van der Waals surface area contributed by atoms with Crippen LogP contribution < -0.4 is 5.32 Å². The average Bonchev–Trinajstić information content (AvgIpc) is 2.91. The van der Waals surface area contributed by atoms with Gasteiger partial charge in [-0.15, -0.1) is 0 Å². The zero-order valence-electron chi connectivity index (χ0n) is 21.5. The predicted molar refractivity (Wildman–Crippen MR) is 109 cm³/mol. The molecule has 0 aromatic heterocycles. The summed E-state index contributed by atoms with van der Waals surface area (Å²) in [6, 6.07) is -13.0. The Labute approximate surface area is 237 Å². The summed E-state index contributed by atoms with van der Waals surface area (Å²) >= 11 is 0. The first-order chi connectivity index (χ1) is 20.1. The lowest BCUT2D eigenvalue weighted by Crippen LogP contribution is -2.67. The van der Waals surface area contributed by atoms with Gasteiger partial charge in [-0.1, -0.05) is 26.2 Å². The third-order valence-electron chi connectivity index (χ3n) is 5.54. The fourth-order valence-electron chi connectivity index (χ4n) is 3.16. The van der Waals surface area contributed by atoms with Gasteiger partial charge in [0, 0.05) is 6.42 Å². The van der Waals surface area contributed by atoms with Crippen molar-refractivity contribution in [3.05, 3.63) is 58.2 Å². The molecule has 22 heteroatoms. The molecule has 0 heterocycles. The first-order valence-corrected chi connectivity index (χ1v) is 11.5. The average molecular weight is 703 g/mol. The number of unbranched alkanes of at least 4 members (excludes halogenated alkanes) is 3. The molecule has 0 saturated carbocycles. The fraction of sp³-hybridized carbons (Fsp3) is 0.478. The molecule has 0 aliphatic heterocycles. The fourth-order valence-corrected chi connectivity index (χ4v) is 3.16. The van der Waals surface area contributed by atoms with Crippen molar-refractivity contribution in [3.8, 4) is 11.1 Å². The number of hydrogen-bond donors (Lipinski definition) is 1. The summed E-state index contributed by atoms with van der Waals surface area (Å²) in [4.78, 5) is 0. The van der Waals surface area contributed by atoms with Gasteiger partial charge in [0.25, 0.3) is 0 Å². The second-order valence-electron chi connectivity index (χ2n) is 8.75. The number of benzene rings is 2. The Morgan fingerprint density at radius 2 is 0.733 bits per heavy atom. The van der Waals surface area contributed by atoms with E-state index in [9.17, 15) is 92.2 Å². The van der Waals surface area contributed by atoms with E-state index in [0.717, 1.165) is 0 Å². The summed E-state index contributed by atoms with van der Waals surface area (Å²) in [5.41, 5.74) is -4.52. The monoisotopic (exact) mass is 703 g/mol. The minimum absolute atomic E-state index is 0.0140. The number of nitrogens with one attached hydrogen (secondary N) is 1. The van der Waals surface area contributed by atoms with E-state index in [1.807, 2.05) is 0 Å². The van der Waals surface area contributed by atoms with Gasteiger partial charge in [-0.25, -0.2) is 43.9 Å². The lowest BCUT2D eigenvalue weighted by Gasteiger charge is -2.35. The van der Waals surface area contributed by atoms with Gasteiger partial charge in [0.05, 0.1) is 11.1 Å². The molecule has 1 N–H and O–H groups in total. The predicted octanol–water partition coefficient (Wildman–Crippen LogP) is 10.3. The zero-order valence-corrected chi connectivity index (χ0v) is 21.5. The van der Waals surface area contributed by atoms with Crippen molar-refractivity contribution >= 4 is 0 Å². The molecule has 0 unspecified atom stereocenters. The summed E-state index contributed by atoms with van der Waals surface area (Å²) in [5.74, 6) is -38.6. The van der Waals surface area contributed by atoms with E-state index in [1.165, 1.54) is 0 Å². The Balaban J connectivity index is 0.000000450. The summed E-state index contributed by atoms with van der Waals surface area (Å²) in [5, 5.41) is -1.00. The molecule has 0 aliphatic rings. The maximum atomic E-state index is 13.4. The van der Waals surface area contributed by atoms with E-state index in [-0.39, 0.29) is 6.42 Å². The minimum Gasteiger partial charge on any atom is -0.203 e. The van der Waals surface area contributed by atoms with Crippen LogP contribution in [0.3, 0.4) is 0 Å². The van der Waals surface area contributed by atoms with Crippen LogP contribution in [0.25, 0.3) is 11.1 Å². The molecule has 45 heavy (non-hydrogen) atoms. The van der Waals surface area contributed by atoms with E-state index in [2.05, 4.69) is 0 Å². The van der Waals surface area contributed by atoms with Crippen LogP contribution >= 0.6 is 0 Å². The van der Waals surface area contributed by atoms with Gasteiger partial charge < -0.3 is 0 Å². The molecule has 0 fully saturated rings. The number of alkyl halides is 11. The molecule has 0 bridgehead atoms. The topological polar surface area (TPSA) is 12.0 Å². The van der Waals surface area contributed by atoms with Crippen molar-refractivity contribution < 1.29 is 92.2 Å². The highest BCUT2D eigenvalue weighted by Gasteiger charge is 2.75. The number of hydrogen-bond acceptors (Lipinski definition) is 1. The number of rotatable bonds is 10. The van der Waals surface area contributed by atoms with Crippen LogP contribution in [0.15, 0.2) is 0 Å². The van der Waals surface area contributed by atoms with Crippen molar-refractivity contribution in [2.75, 3.05) is 0 Å². The van der Waals surface area contributed by atoms with Gasteiger partial charge in [0.2, 0.25) is 11.6 Å². The zero-order chi connectivity index (χ0) is 35.7. The highest BCUT2D eigenvalue weighted by molar-refractivity contribution is 5.67. The quantitative estimate of drug-likeness (QED) is 0.0855. The van der Waals surface area contributed by atoms with E-state index in [1.54, 1.807) is 6.92 Å². The van der Waals surface area contributed by atoms with Gasteiger partial charge >= 0.3 is 30.1 Å². The van der Waals surface area contributed by atoms with Crippen LogP contribution in [0.4, 0.5) is 92.2 Å². The standard InChI is InChI=1S/C12F10.C11H14F11N/c13-3-1(4(14)8(18)11(21)7(3)17)2-5(15)9(19)12(22)10(20)6(2)16;1-2-3-4-5-6-7(12,13)8(14,15)10(19,20)23-11(21,22)9(16,17)18/h;23H,2-6H2,1H3. The van der Waals surface area contributed by atoms with Crippen molar-refractivity contribution in [1.82, 2.24) is 5.32 Å². The molecule has 258 valence electrons. The van der Waals surface area contributed by atoms with Crippen LogP contribution in [-0.4, -0.2) is 30.1 Å². The normalized spacial score (nSPS) is 13.2. The van der Waals surface area contributed by atoms with Crippen LogP contribution in [-0.2, 0) is 0 Å². The number of halogens is 21. The Kier molecular flexibility index (Phi) is 12.2. The van der Waals surface area contributed by atoms with Crippen molar-refractivity contribution in [2.45, 2.75) is 69.1 Å². The molecule has 0 saturated heterocycles. The molecule has 0 amide bonds. The van der Waals surface area contributed by atoms with Crippen LogP contribution in [0.2, 0.25) is 0 Å². The lowest BCUT2D eigenvalue weighted by molar-refractivity contribution is -0.370. The SMILES string of the molecule is CCCCCCC(F)(F)C(F)(F)C(F)(F)NC(F)(F)C(F)(F)F.Fc1c(F)c(F)c(-c2c(F)c(F)c(F)c(F)c2F)c(F)c1F. The van der Waals surface area contributed by atoms with Gasteiger partial charge in [-0.2, -0.15) is 53.6 Å². The van der Waals surface area contributed by atoms with Gasteiger partial charge in [0.15, 0.2) is 46.5 Å². The molecule has 2 aromatic rings. The molecule has 2 rings (SSSR count). The molecular weight excluding hydrogens is 689 g/mol. The van der Waals surface area contributed by atoms with Gasteiger partial charge in [-0.3, -0.25) is 0 Å². The smallest absolute Gasteiger partial charge is 0.203 e. The second-order valence-corrected chi connectivity index (χ2v) is 8.75. The van der Waals surface area contributed by atoms with Crippen LogP contribution in [0, 0.1) is 58.2 Å². The summed E-state index contributed by atoms with van der Waals surface area (Å²) in [6.45, 7) is 1.64. The Morgan fingerprint density at radius 3 is 1.02 bits per heavy atom. The molecule has 0 spiro atoms. The molecule has 0 radical (unpaired) electrons.